The van der Waals surface area contributed by atoms with E-state index in [0.717, 1.165) is 10.0 Å². The molecule has 1 aliphatic heterocycles. The number of halogens is 3. The molecule has 0 saturated heterocycles. The van der Waals surface area contributed by atoms with Crippen LogP contribution in [0.1, 0.15) is 31.2 Å². The SMILES string of the molecule is CCOC(=O)C1=C(C)N=c2s/c(=C\c3ccc(Br)cc3)c(=O)n2[C@@H]1c1ccc(-c2ccc(Cl)c(Cl)c2)o1. The number of nitrogens with zero attached hydrogens (tertiary/aromatic N) is 2. The predicted octanol–water partition coefficient (Wildman–Crippen LogP) is 6.13. The number of carbonyl (C=O) groups excluding carboxylic acids is 1. The van der Waals surface area contributed by atoms with Crippen molar-refractivity contribution in [1.29, 1.82) is 0 Å². The Bertz CT molecular complexity index is 1730. The minimum atomic E-state index is -0.848. The summed E-state index contributed by atoms with van der Waals surface area (Å²) in [6, 6.07) is 15.5. The fourth-order valence-electron chi connectivity index (χ4n) is 4.08. The number of allylic oxidation sites excluding steroid dienone is 1. The summed E-state index contributed by atoms with van der Waals surface area (Å²) >= 11 is 16.9. The summed E-state index contributed by atoms with van der Waals surface area (Å²) in [5.74, 6) is 0.363. The molecule has 0 amide bonds. The van der Waals surface area contributed by atoms with Gasteiger partial charge in [0.05, 0.1) is 32.5 Å². The zero-order valence-corrected chi connectivity index (χ0v) is 23.5. The lowest BCUT2D eigenvalue weighted by atomic mass is 10.0. The quantitative estimate of drug-likeness (QED) is 0.253. The summed E-state index contributed by atoms with van der Waals surface area (Å²) in [6.45, 7) is 3.64. The Kier molecular flexibility index (Phi) is 7.27. The molecule has 0 fully saturated rings. The van der Waals surface area contributed by atoms with Crippen LogP contribution >= 0.6 is 50.5 Å². The van der Waals surface area contributed by atoms with Gasteiger partial charge in [-0.25, -0.2) is 9.79 Å². The van der Waals surface area contributed by atoms with Crippen molar-refractivity contribution in [3.63, 3.8) is 0 Å². The molecule has 3 heterocycles. The minimum absolute atomic E-state index is 0.184. The first-order valence-electron chi connectivity index (χ1n) is 11.3. The fourth-order valence-corrected chi connectivity index (χ4v) is 5.68. The van der Waals surface area contributed by atoms with Crippen LogP contribution in [0, 0.1) is 0 Å². The number of furan rings is 1. The number of hydrogen-bond acceptors (Lipinski definition) is 6. The normalized spacial score (nSPS) is 15.5. The van der Waals surface area contributed by atoms with Crippen LogP contribution < -0.4 is 14.9 Å². The first-order chi connectivity index (χ1) is 17.8. The molecular formula is C27H19BrCl2N2O4S. The number of fused-ring (bicyclic) bond motifs is 1. The van der Waals surface area contributed by atoms with Gasteiger partial charge in [0.2, 0.25) is 0 Å². The Morgan fingerprint density at radius 1 is 1.16 bits per heavy atom. The molecule has 0 aliphatic carbocycles. The first kappa shape index (κ1) is 25.7. The molecule has 10 heteroatoms. The maximum Gasteiger partial charge on any atom is 0.338 e. The van der Waals surface area contributed by atoms with Crippen LogP contribution in [-0.4, -0.2) is 17.1 Å². The van der Waals surface area contributed by atoms with E-state index in [-0.39, 0.29) is 17.7 Å². The van der Waals surface area contributed by atoms with Crippen LogP contribution in [0.4, 0.5) is 0 Å². The molecule has 37 heavy (non-hydrogen) atoms. The molecule has 0 N–H and O–H groups in total. The third-order valence-electron chi connectivity index (χ3n) is 5.79. The van der Waals surface area contributed by atoms with Gasteiger partial charge >= 0.3 is 5.97 Å². The minimum Gasteiger partial charge on any atom is -0.463 e. The van der Waals surface area contributed by atoms with E-state index in [0.29, 0.717) is 42.2 Å². The molecule has 1 atom stereocenters. The van der Waals surface area contributed by atoms with Crippen LogP contribution in [0.5, 0.6) is 0 Å². The van der Waals surface area contributed by atoms with Crippen molar-refractivity contribution in [3.8, 4) is 11.3 Å². The maximum atomic E-state index is 13.7. The van der Waals surface area contributed by atoms with Crippen LogP contribution in [0.2, 0.25) is 10.0 Å². The number of ether oxygens (including phenoxy) is 1. The Labute approximate surface area is 234 Å². The summed E-state index contributed by atoms with van der Waals surface area (Å²) in [6.07, 6.45) is 1.81. The van der Waals surface area contributed by atoms with Gasteiger partial charge in [0.25, 0.3) is 5.56 Å². The predicted molar refractivity (Wildman–Crippen MR) is 149 cm³/mol. The third-order valence-corrected chi connectivity index (χ3v) is 8.04. The molecule has 0 bridgehead atoms. The third kappa shape index (κ3) is 4.99. The second-order valence-corrected chi connectivity index (χ2v) is 10.9. The average molecular weight is 618 g/mol. The van der Waals surface area contributed by atoms with Crippen molar-refractivity contribution in [1.82, 2.24) is 4.57 Å². The number of aromatic nitrogens is 1. The second-order valence-electron chi connectivity index (χ2n) is 8.18. The molecule has 1 aliphatic rings. The van der Waals surface area contributed by atoms with E-state index in [2.05, 4.69) is 20.9 Å². The highest BCUT2D eigenvalue weighted by Crippen LogP contribution is 2.35. The van der Waals surface area contributed by atoms with E-state index in [1.165, 1.54) is 15.9 Å². The summed E-state index contributed by atoms with van der Waals surface area (Å²) in [7, 11) is 0. The molecule has 6 nitrogen and oxygen atoms in total. The molecule has 0 radical (unpaired) electrons. The molecular weight excluding hydrogens is 599 g/mol. The van der Waals surface area contributed by atoms with Crippen molar-refractivity contribution < 1.29 is 13.9 Å². The smallest absolute Gasteiger partial charge is 0.338 e. The molecule has 0 saturated carbocycles. The second kappa shape index (κ2) is 10.5. The summed E-state index contributed by atoms with van der Waals surface area (Å²) in [5.41, 5.74) is 2.01. The topological polar surface area (TPSA) is 73.8 Å². The molecule has 0 unspecified atom stereocenters. The number of hydrogen-bond donors (Lipinski definition) is 0. The fraction of sp³-hybridized carbons (Fsp3) is 0.148. The highest BCUT2D eigenvalue weighted by atomic mass is 79.9. The highest BCUT2D eigenvalue weighted by molar-refractivity contribution is 9.10. The van der Waals surface area contributed by atoms with Crippen molar-refractivity contribution in [3.05, 3.63) is 111 Å². The van der Waals surface area contributed by atoms with Crippen LogP contribution in [-0.2, 0) is 9.53 Å². The lowest BCUT2D eigenvalue weighted by Gasteiger charge is -2.22. The Balaban J connectivity index is 1.68. The van der Waals surface area contributed by atoms with Crippen molar-refractivity contribution in [2.75, 3.05) is 6.61 Å². The number of thiazole rings is 1. The molecule has 4 aromatic rings. The van der Waals surface area contributed by atoms with Gasteiger partial charge in [0, 0.05) is 10.0 Å². The van der Waals surface area contributed by atoms with E-state index in [1.54, 1.807) is 50.3 Å². The zero-order valence-electron chi connectivity index (χ0n) is 19.6. The van der Waals surface area contributed by atoms with Crippen molar-refractivity contribution >= 4 is 62.5 Å². The van der Waals surface area contributed by atoms with Gasteiger partial charge in [-0.3, -0.25) is 9.36 Å². The first-order valence-corrected chi connectivity index (χ1v) is 13.6. The molecule has 2 aromatic carbocycles. The van der Waals surface area contributed by atoms with Crippen LogP contribution in [0.15, 0.2) is 84.5 Å². The van der Waals surface area contributed by atoms with E-state index in [1.807, 2.05) is 24.3 Å². The van der Waals surface area contributed by atoms with Crippen LogP contribution in [0.25, 0.3) is 17.4 Å². The number of carbonyl (C=O) groups is 1. The summed E-state index contributed by atoms with van der Waals surface area (Å²) in [4.78, 5) is 31.8. The Morgan fingerprint density at radius 2 is 1.92 bits per heavy atom. The lowest BCUT2D eigenvalue weighted by Crippen LogP contribution is -2.39. The van der Waals surface area contributed by atoms with E-state index >= 15 is 0 Å². The highest BCUT2D eigenvalue weighted by Gasteiger charge is 2.35. The standard InChI is InChI=1S/C27H19BrCl2N2O4S/c1-3-35-26(34)23-14(2)31-27-32(25(33)22(37-27)12-15-4-7-17(28)8-5-15)24(23)21-11-10-20(36-21)16-6-9-18(29)19(30)13-16/h4-13,24H,3H2,1-2H3/b22-12-/t24-/m1/s1. The van der Waals surface area contributed by atoms with Gasteiger partial charge in [-0.05, 0) is 68.0 Å². The van der Waals surface area contributed by atoms with Gasteiger partial charge in [-0.15, -0.1) is 0 Å². The summed E-state index contributed by atoms with van der Waals surface area (Å²) < 4.78 is 14.5. The van der Waals surface area contributed by atoms with Gasteiger partial charge in [-0.2, -0.15) is 0 Å². The van der Waals surface area contributed by atoms with Crippen molar-refractivity contribution in [2.45, 2.75) is 19.9 Å². The molecule has 188 valence electrons. The molecule has 0 spiro atoms. The lowest BCUT2D eigenvalue weighted by molar-refractivity contribution is -0.139. The average Bonchev–Trinajstić information content (AvgIpc) is 3.47. The zero-order chi connectivity index (χ0) is 26.3. The monoisotopic (exact) mass is 616 g/mol. The Morgan fingerprint density at radius 3 is 2.62 bits per heavy atom. The largest absolute Gasteiger partial charge is 0.463 e. The Hall–Kier alpha value is -2.91. The van der Waals surface area contributed by atoms with E-state index in [4.69, 9.17) is 32.4 Å². The van der Waals surface area contributed by atoms with Gasteiger partial charge in [0.1, 0.15) is 17.6 Å². The summed E-state index contributed by atoms with van der Waals surface area (Å²) in [5, 5.41) is 0.819. The number of benzene rings is 2. The van der Waals surface area contributed by atoms with Crippen LogP contribution in [0.3, 0.4) is 0 Å². The maximum absolute atomic E-state index is 13.7. The number of rotatable bonds is 5. The van der Waals surface area contributed by atoms with E-state index in [9.17, 15) is 9.59 Å². The van der Waals surface area contributed by atoms with Gasteiger partial charge in [0.15, 0.2) is 4.80 Å². The van der Waals surface area contributed by atoms with Gasteiger partial charge < -0.3 is 9.15 Å². The van der Waals surface area contributed by atoms with E-state index < -0.39 is 12.0 Å². The number of esters is 1. The van der Waals surface area contributed by atoms with Crippen molar-refractivity contribution in [2.24, 2.45) is 4.99 Å². The molecule has 5 rings (SSSR count). The molecule has 2 aromatic heterocycles. The van der Waals surface area contributed by atoms with Gasteiger partial charge in [-0.1, -0.05) is 62.6 Å².